The molecule has 2 aromatic rings. The Morgan fingerprint density at radius 3 is 2.23 bits per heavy atom. The van der Waals surface area contributed by atoms with Crippen LogP contribution in [0.25, 0.3) is 0 Å². The van der Waals surface area contributed by atoms with E-state index in [1.807, 2.05) is 32.9 Å². The Morgan fingerprint density at radius 1 is 1.03 bits per heavy atom. The van der Waals surface area contributed by atoms with Gasteiger partial charge in [0.2, 0.25) is 21.8 Å². The second kappa shape index (κ2) is 13.1. The number of carbonyl (C=O) groups is 2. The van der Waals surface area contributed by atoms with Gasteiger partial charge >= 0.3 is 0 Å². The van der Waals surface area contributed by atoms with Gasteiger partial charge in [-0.25, -0.2) is 8.42 Å². The molecule has 0 unspecified atom stereocenters. The van der Waals surface area contributed by atoms with E-state index in [9.17, 15) is 18.0 Å². The molecule has 2 amide bonds. The molecule has 0 saturated carbocycles. The molecule has 0 saturated heterocycles. The Kier molecular flexibility index (Phi) is 10.9. The normalized spacial score (nSPS) is 12.2. The molecule has 1 N–H and O–H groups in total. The van der Waals surface area contributed by atoms with Crippen molar-refractivity contribution in [2.75, 3.05) is 23.7 Å². The number of benzene rings is 2. The summed E-state index contributed by atoms with van der Waals surface area (Å²) in [4.78, 5) is 27.6. The van der Waals surface area contributed by atoms with Crippen molar-refractivity contribution in [3.05, 3.63) is 63.6 Å². The van der Waals surface area contributed by atoms with Gasteiger partial charge in [-0.05, 0) is 56.5 Å². The van der Waals surface area contributed by atoms with Gasteiger partial charge in [0, 0.05) is 26.1 Å². The van der Waals surface area contributed by atoms with Crippen molar-refractivity contribution in [3.63, 3.8) is 0 Å². The SMILES string of the molecule is CCNC(=O)[C@H](CC)N(Cc1ccc(Cl)c(Cl)c1)C(=O)CCCN(c1ccc(C)cc1)S(C)(=O)=O. The van der Waals surface area contributed by atoms with Crippen LogP contribution in [0.15, 0.2) is 42.5 Å². The Hall–Kier alpha value is -2.29. The van der Waals surface area contributed by atoms with Gasteiger partial charge in [-0.2, -0.15) is 0 Å². The van der Waals surface area contributed by atoms with E-state index in [1.165, 1.54) is 9.21 Å². The Bertz CT molecular complexity index is 1120. The van der Waals surface area contributed by atoms with Crippen LogP contribution in [0, 0.1) is 6.92 Å². The van der Waals surface area contributed by atoms with Gasteiger partial charge in [0.15, 0.2) is 0 Å². The molecule has 2 rings (SSSR count). The summed E-state index contributed by atoms with van der Waals surface area (Å²) in [6.07, 6.45) is 1.95. The predicted molar refractivity (Wildman–Crippen MR) is 142 cm³/mol. The topological polar surface area (TPSA) is 86.8 Å². The maximum atomic E-state index is 13.3. The molecule has 0 aliphatic heterocycles. The third kappa shape index (κ3) is 8.40. The molecule has 0 spiro atoms. The third-order valence-electron chi connectivity index (χ3n) is 5.55. The maximum absolute atomic E-state index is 13.3. The molecule has 0 radical (unpaired) electrons. The standard InChI is InChI=1S/C25H33Cl2N3O4S/c1-5-23(25(32)28-6-2)29(17-19-11-14-21(26)22(27)16-19)24(31)8-7-15-30(35(4,33)34)20-12-9-18(3)10-13-20/h9-14,16,23H,5-8,15,17H2,1-4H3,(H,28,32)/t23-/m0/s1. The molecule has 1 atom stereocenters. The molecule has 10 heteroatoms. The number of aryl methyl sites for hydroxylation is 1. The van der Waals surface area contributed by atoms with E-state index in [2.05, 4.69) is 5.32 Å². The number of hydrogen-bond donors (Lipinski definition) is 1. The van der Waals surface area contributed by atoms with Crippen LogP contribution in [0.1, 0.15) is 44.2 Å². The minimum absolute atomic E-state index is 0.0785. The molecule has 0 aliphatic rings. The Balaban J connectivity index is 2.21. The van der Waals surface area contributed by atoms with Crippen LogP contribution in [0.5, 0.6) is 0 Å². The number of rotatable bonds is 12. The molecule has 0 aliphatic carbocycles. The maximum Gasteiger partial charge on any atom is 0.242 e. The van der Waals surface area contributed by atoms with E-state index in [-0.39, 0.29) is 31.3 Å². The number of hydrogen-bond acceptors (Lipinski definition) is 4. The summed E-state index contributed by atoms with van der Waals surface area (Å²) in [7, 11) is -3.53. The fourth-order valence-electron chi connectivity index (χ4n) is 3.76. The number of sulfonamides is 1. The lowest BCUT2D eigenvalue weighted by atomic mass is 10.1. The van der Waals surface area contributed by atoms with Crippen molar-refractivity contribution in [1.29, 1.82) is 0 Å². The third-order valence-corrected chi connectivity index (χ3v) is 7.48. The van der Waals surface area contributed by atoms with Crippen molar-refractivity contribution in [2.45, 2.75) is 52.6 Å². The molecule has 35 heavy (non-hydrogen) atoms. The molecule has 0 bridgehead atoms. The lowest BCUT2D eigenvalue weighted by Gasteiger charge is -2.31. The van der Waals surface area contributed by atoms with Gasteiger partial charge in [0.1, 0.15) is 6.04 Å². The molecule has 0 fully saturated rings. The van der Waals surface area contributed by atoms with Gasteiger partial charge in [-0.3, -0.25) is 13.9 Å². The number of likely N-dealkylation sites (N-methyl/N-ethyl adjacent to an activating group) is 1. The highest BCUT2D eigenvalue weighted by molar-refractivity contribution is 7.92. The Labute approximate surface area is 218 Å². The first-order valence-electron chi connectivity index (χ1n) is 11.5. The fraction of sp³-hybridized carbons (Fsp3) is 0.440. The number of anilines is 1. The summed E-state index contributed by atoms with van der Waals surface area (Å²) in [5, 5.41) is 3.56. The molecule has 192 valence electrons. The molecule has 0 aromatic heterocycles. The quantitative estimate of drug-likeness (QED) is 0.418. The molecular weight excluding hydrogens is 509 g/mol. The van der Waals surface area contributed by atoms with Crippen molar-refractivity contribution < 1.29 is 18.0 Å². The minimum atomic E-state index is -3.53. The van der Waals surface area contributed by atoms with Crippen LogP contribution < -0.4 is 9.62 Å². The smallest absolute Gasteiger partial charge is 0.242 e. The number of nitrogens with one attached hydrogen (secondary N) is 1. The first-order chi connectivity index (χ1) is 16.5. The highest BCUT2D eigenvalue weighted by Crippen LogP contribution is 2.25. The lowest BCUT2D eigenvalue weighted by molar-refractivity contribution is -0.141. The molecule has 0 heterocycles. The van der Waals surface area contributed by atoms with Crippen LogP contribution in [-0.4, -0.2) is 50.5 Å². The second-order valence-corrected chi connectivity index (χ2v) is 11.1. The van der Waals surface area contributed by atoms with E-state index in [4.69, 9.17) is 23.2 Å². The van der Waals surface area contributed by atoms with Gasteiger partial charge in [-0.15, -0.1) is 0 Å². The monoisotopic (exact) mass is 541 g/mol. The summed E-state index contributed by atoms with van der Waals surface area (Å²) in [5.74, 6) is -0.479. The molecular formula is C25H33Cl2N3O4S. The van der Waals surface area contributed by atoms with Crippen LogP contribution in [0.2, 0.25) is 10.0 Å². The zero-order valence-corrected chi connectivity index (χ0v) is 22.9. The van der Waals surface area contributed by atoms with Gasteiger partial charge in [-0.1, -0.05) is 53.9 Å². The van der Waals surface area contributed by atoms with Crippen molar-refractivity contribution in [1.82, 2.24) is 10.2 Å². The Morgan fingerprint density at radius 2 is 1.69 bits per heavy atom. The largest absolute Gasteiger partial charge is 0.355 e. The second-order valence-electron chi connectivity index (χ2n) is 8.36. The number of halogens is 2. The van der Waals surface area contributed by atoms with Crippen LogP contribution >= 0.6 is 23.2 Å². The predicted octanol–water partition coefficient (Wildman–Crippen LogP) is 4.79. The van der Waals surface area contributed by atoms with E-state index in [1.54, 1.807) is 30.3 Å². The van der Waals surface area contributed by atoms with Gasteiger partial charge in [0.05, 0.1) is 22.0 Å². The first-order valence-corrected chi connectivity index (χ1v) is 14.1. The number of nitrogens with zero attached hydrogens (tertiary/aromatic N) is 2. The highest BCUT2D eigenvalue weighted by Gasteiger charge is 2.28. The highest BCUT2D eigenvalue weighted by atomic mass is 35.5. The van der Waals surface area contributed by atoms with Crippen molar-refractivity contribution >= 4 is 50.7 Å². The zero-order chi connectivity index (χ0) is 26.2. The van der Waals surface area contributed by atoms with E-state index in [0.717, 1.165) is 17.4 Å². The summed E-state index contributed by atoms with van der Waals surface area (Å²) >= 11 is 12.2. The fourth-order valence-corrected chi connectivity index (χ4v) is 5.05. The van der Waals surface area contributed by atoms with Crippen molar-refractivity contribution in [3.8, 4) is 0 Å². The summed E-state index contributed by atoms with van der Waals surface area (Å²) < 4.78 is 26.1. The average molecular weight is 543 g/mol. The molecule has 2 aromatic carbocycles. The van der Waals surface area contributed by atoms with Crippen molar-refractivity contribution in [2.24, 2.45) is 0 Å². The van der Waals surface area contributed by atoms with Crippen LogP contribution in [-0.2, 0) is 26.2 Å². The van der Waals surface area contributed by atoms with E-state index < -0.39 is 16.1 Å². The van der Waals surface area contributed by atoms with Gasteiger partial charge in [0.25, 0.3) is 0 Å². The molecule has 7 nitrogen and oxygen atoms in total. The number of carbonyl (C=O) groups excluding carboxylic acids is 2. The average Bonchev–Trinajstić information content (AvgIpc) is 2.79. The summed E-state index contributed by atoms with van der Waals surface area (Å²) in [5.41, 5.74) is 2.31. The summed E-state index contributed by atoms with van der Waals surface area (Å²) in [6, 6.07) is 11.6. The van der Waals surface area contributed by atoms with Crippen LogP contribution in [0.4, 0.5) is 5.69 Å². The number of amides is 2. The minimum Gasteiger partial charge on any atom is -0.355 e. The van der Waals surface area contributed by atoms with Gasteiger partial charge < -0.3 is 10.2 Å². The van der Waals surface area contributed by atoms with E-state index in [0.29, 0.717) is 35.1 Å². The summed E-state index contributed by atoms with van der Waals surface area (Å²) in [6.45, 7) is 6.36. The lowest BCUT2D eigenvalue weighted by Crippen LogP contribution is -2.49. The first kappa shape index (κ1) is 28.9. The van der Waals surface area contributed by atoms with Crippen LogP contribution in [0.3, 0.4) is 0 Å². The van der Waals surface area contributed by atoms with E-state index >= 15 is 0 Å². The zero-order valence-electron chi connectivity index (χ0n) is 20.6.